The van der Waals surface area contributed by atoms with Gasteiger partial charge in [0.25, 0.3) is 5.91 Å². The highest BCUT2D eigenvalue weighted by Gasteiger charge is 2.35. The molecule has 5 rings (SSSR count). The van der Waals surface area contributed by atoms with Crippen molar-refractivity contribution in [2.24, 2.45) is 7.05 Å². The maximum absolute atomic E-state index is 13.9. The summed E-state index contributed by atoms with van der Waals surface area (Å²) in [5.41, 5.74) is 3.53. The van der Waals surface area contributed by atoms with Gasteiger partial charge in [-0.15, -0.1) is 5.10 Å². The third-order valence-corrected chi connectivity index (χ3v) is 6.22. The number of aromatic nitrogens is 5. The first-order valence-corrected chi connectivity index (χ1v) is 11.2. The number of halogens is 2. The highest BCUT2D eigenvalue weighted by Crippen LogP contribution is 2.36. The summed E-state index contributed by atoms with van der Waals surface area (Å²) < 4.78 is 31.1. The van der Waals surface area contributed by atoms with E-state index in [9.17, 15) is 13.6 Å². The molecule has 0 bridgehead atoms. The topological polar surface area (TPSA) is 68.8 Å². The van der Waals surface area contributed by atoms with E-state index in [1.165, 1.54) is 12.1 Å². The second-order valence-electron chi connectivity index (χ2n) is 8.37. The minimum Gasteiger partial charge on any atom is -0.327 e. The van der Waals surface area contributed by atoms with Crippen LogP contribution in [0.15, 0.2) is 48.5 Å². The highest BCUT2D eigenvalue weighted by atomic mass is 19.1. The van der Waals surface area contributed by atoms with Gasteiger partial charge in [-0.25, -0.2) is 18.4 Å². The number of para-hydroxylation sites is 1. The zero-order valence-corrected chi connectivity index (χ0v) is 19.2. The lowest BCUT2D eigenvalue weighted by molar-refractivity contribution is 0.0661. The number of fused-ring (bicyclic) bond motifs is 1. The van der Waals surface area contributed by atoms with Crippen LogP contribution in [-0.2, 0) is 19.9 Å². The predicted molar refractivity (Wildman–Crippen MR) is 122 cm³/mol. The first-order valence-electron chi connectivity index (χ1n) is 11.2. The molecule has 3 heterocycles. The molecule has 0 fully saturated rings. The van der Waals surface area contributed by atoms with Crippen molar-refractivity contribution in [1.82, 2.24) is 29.4 Å². The number of carbonyl (C=O) groups excluding carboxylic acids is 1. The molecule has 1 aliphatic rings. The number of rotatable bonds is 4. The summed E-state index contributed by atoms with van der Waals surface area (Å²) in [4.78, 5) is 19.7. The second kappa shape index (κ2) is 8.48. The minimum atomic E-state index is -0.641. The fraction of sp³-hybridized carbons (Fsp3) is 0.280. The Balaban J connectivity index is 1.48. The minimum absolute atomic E-state index is 0.138. The number of aryl methyl sites for hydroxylation is 2. The third-order valence-electron chi connectivity index (χ3n) is 6.22. The molecule has 0 spiro atoms. The van der Waals surface area contributed by atoms with E-state index in [1.807, 2.05) is 44.2 Å². The molecule has 34 heavy (non-hydrogen) atoms. The lowest BCUT2D eigenvalue weighted by atomic mass is 9.95. The number of amides is 1. The molecule has 0 radical (unpaired) electrons. The summed E-state index contributed by atoms with van der Waals surface area (Å²) in [6, 6.07) is 12.7. The Morgan fingerprint density at radius 1 is 1.09 bits per heavy atom. The molecule has 0 unspecified atom stereocenters. The van der Waals surface area contributed by atoms with Gasteiger partial charge in [-0.1, -0.05) is 25.1 Å². The molecule has 0 saturated heterocycles. The van der Waals surface area contributed by atoms with Gasteiger partial charge in [0, 0.05) is 37.2 Å². The van der Waals surface area contributed by atoms with Crippen molar-refractivity contribution in [1.29, 1.82) is 0 Å². The fourth-order valence-electron chi connectivity index (χ4n) is 4.64. The van der Waals surface area contributed by atoms with Gasteiger partial charge in [-0.3, -0.25) is 9.48 Å². The Hall–Kier alpha value is -3.88. The number of hydrogen-bond donors (Lipinski definition) is 0. The first-order chi connectivity index (χ1) is 16.4. The van der Waals surface area contributed by atoms with Gasteiger partial charge in [0.15, 0.2) is 0 Å². The lowest BCUT2D eigenvalue weighted by Crippen LogP contribution is -2.39. The van der Waals surface area contributed by atoms with Crippen molar-refractivity contribution in [2.45, 2.75) is 32.7 Å². The summed E-state index contributed by atoms with van der Waals surface area (Å²) >= 11 is 0. The van der Waals surface area contributed by atoms with E-state index in [4.69, 9.17) is 0 Å². The van der Waals surface area contributed by atoms with E-state index >= 15 is 0 Å². The molecule has 1 aliphatic heterocycles. The SMILES string of the molecule is CCc1nc(C(=O)N2CCc3c(nn(C)c3-c3cc(F)cc(F)c3)[C@@H]2C)nn1-c1ccccc1. The van der Waals surface area contributed by atoms with Gasteiger partial charge in [0.05, 0.1) is 23.1 Å². The number of hydrogen-bond acceptors (Lipinski definition) is 4. The third kappa shape index (κ3) is 3.67. The molecule has 1 atom stereocenters. The predicted octanol–water partition coefficient (Wildman–Crippen LogP) is 4.27. The maximum Gasteiger partial charge on any atom is 0.294 e. The lowest BCUT2D eigenvalue weighted by Gasteiger charge is -2.32. The van der Waals surface area contributed by atoms with Crippen LogP contribution in [0, 0.1) is 11.6 Å². The van der Waals surface area contributed by atoms with Crippen LogP contribution in [0.5, 0.6) is 0 Å². The molecule has 0 N–H and O–H groups in total. The average Bonchev–Trinajstić information content (AvgIpc) is 3.40. The average molecular weight is 463 g/mol. The second-order valence-corrected chi connectivity index (χ2v) is 8.37. The zero-order chi connectivity index (χ0) is 24.0. The monoisotopic (exact) mass is 462 g/mol. The summed E-state index contributed by atoms with van der Waals surface area (Å²) in [6.45, 7) is 4.29. The maximum atomic E-state index is 13.9. The van der Waals surface area contributed by atoms with Crippen LogP contribution in [0.1, 0.15) is 47.6 Å². The number of benzene rings is 2. The van der Waals surface area contributed by atoms with E-state index in [-0.39, 0.29) is 17.8 Å². The summed E-state index contributed by atoms with van der Waals surface area (Å²) in [7, 11) is 1.74. The quantitative estimate of drug-likeness (QED) is 0.454. The van der Waals surface area contributed by atoms with Crippen LogP contribution in [-0.4, -0.2) is 41.9 Å². The van der Waals surface area contributed by atoms with Gasteiger partial charge in [0.2, 0.25) is 5.82 Å². The molecule has 174 valence electrons. The first kappa shape index (κ1) is 21.9. The zero-order valence-electron chi connectivity index (χ0n) is 19.2. The van der Waals surface area contributed by atoms with Crippen LogP contribution in [0.2, 0.25) is 0 Å². The van der Waals surface area contributed by atoms with E-state index in [2.05, 4.69) is 15.2 Å². The normalized spacial score (nSPS) is 15.4. The Labute approximate surface area is 195 Å². The van der Waals surface area contributed by atoms with E-state index in [1.54, 1.807) is 21.3 Å². The number of carbonyl (C=O) groups is 1. The molecule has 7 nitrogen and oxygen atoms in total. The van der Waals surface area contributed by atoms with Crippen LogP contribution in [0.3, 0.4) is 0 Å². The van der Waals surface area contributed by atoms with E-state index in [0.29, 0.717) is 42.2 Å². The molecule has 9 heteroatoms. The highest BCUT2D eigenvalue weighted by molar-refractivity contribution is 5.91. The summed E-state index contributed by atoms with van der Waals surface area (Å²) in [6.07, 6.45) is 1.13. The molecule has 1 amide bonds. The van der Waals surface area contributed by atoms with Gasteiger partial charge in [-0.05, 0) is 37.6 Å². The van der Waals surface area contributed by atoms with Crippen molar-refractivity contribution >= 4 is 5.91 Å². The Kier molecular flexibility index (Phi) is 5.47. The smallest absolute Gasteiger partial charge is 0.294 e. The Morgan fingerprint density at radius 2 is 1.79 bits per heavy atom. The van der Waals surface area contributed by atoms with Gasteiger partial charge >= 0.3 is 0 Å². The van der Waals surface area contributed by atoms with E-state index in [0.717, 1.165) is 17.3 Å². The van der Waals surface area contributed by atoms with Crippen molar-refractivity contribution in [3.63, 3.8) is 0 Å². The molecule has 4 aromatic rings. The van der Waals surface area contributed by atoms with Crippen molar-refractivity contribution in [2.75, 3.05) is 6.54 Å². The Morgan fingerprint density at radius 3 is 2.47 bits per heavy atom. The van der Waals surface area contributed by atoms with Crippen LogP contribution >= 0.6 is 0 Å². The number of nitrogens with zero attached hydrogens (tertiary/aromatic N) is 6. The molecular weight excluding hydrogens is 438 g/mol. The molecule has 2 aromatic heterocycles. The van der Waals surface area contributed by atoms with Crippen LogP contribution in [0.4, 0.5) is 8.78 Å². The van der Waals surface area contributed by atoms with Crippen LogP contribution < -0.4 is 0 Å². The van der Waals surface area contributed by atoms with Crippen LogP contribution in [0.25, 0.3) is 16.9 Å². The molecule has 0 aliphatic carbocycles. The molecule has 2 aromatic carbocycles. The summed E-state index contributed by atoms with van der Waals surface area (Å²) in [5.74, 6) is -0.714. The fourth-order valence-corrected chi connectivity index (χ4v) is 4.64. The largest absolute Gasteiger partial charge is 0.327 e. The van der Waals surface area contributed by atoms with Gasteiger partial charge < -0.3 is 4.90 Å². The standard InChI is InChI=1S/C25H24F2N6O/c1-4-21-28-24(30-33(21)19-8-6-5-7-9-19)25(34)32-11-10-20-22(15(32)2)29-31(3)23(20)16-12-17(26)14-18(27)13-16/h5-9,12-15H,4,10-11H2,1-3H3/t15-/m0/s1. The Bertz CT molecular complexity index is 1360. The van der Waals surface area contributed by atoms with Crippen molar-refractivity contribution in [3.05, 3.63) is 83.1 Å². The van der Waals surface area contributed by atoms with Gasteiger partial charge in [0.1, 0.15) is 17.5 Å². The van der Waals surface area contributed by atoms with Crippen molar-refractivity contribution < 1.29 is 13.6 Å². The molecular formula is C25H24F2N6O. The van der Waals surface area contributed by atoms with E-state index < -0.39 is 11.6 Å². The molecule has 0 saturated carbocycles. The summed E-state index contributed by atoms with van der Waals surface area (Å²) in [5, 5.41) is 9.12. The van der Waals surface area contributed by atoms with Gasteiger partial charge in [-0.2, -0.15) is 5.10 Å². The van der Waals surface area contributed by atoms with Crippen molar-refractivity contribution in [3.8, 4) is 16.9 Å².